The molecule has 3 aromatic rings. The van der Waals surface area contributed by atoms with E-state index in [0.717, 1.165) is 34.7 Å². The average Bonchev–Trinajstić information content (AvgIpc) is 3.11. The third kappa shape index (κ3) is 3.65. The first kappa shape index (κ1) is 21.7. The molecule has 3 aliphatic rings. The Morgan fingerprint density at radius 3 is 2.11 bits per heavy atom. The fourth-order valence-corrected chi connectivity index (χ4v) is 5.73. The number of carbonyl (C=O) groups is 2. The summed E-state index contributed by atoms with van der Waals surface area (Å²) in [5.41, 5.74) is 5.93. The third-order valence-electron chi connectivity index (χ3n) is 7.34. The minimum Gasteiger partial charge on any atom is -0.457 e. The van der Waals surface area contributed by atoms with Crippen LogP contribution in [0, 0.1) is 18.3 Å². The lowest BCUT2D eigenvalue weighted by Gasteiger charge is -2.38. The molecule has 1 heterocycles. The molecule has 4 nitrogen and oxygen atoms in total. The monoisotopic (exact) mass is 461 g/mol. The van der Waals surface area contributed by atoms with Crippen molar-refractivity contribution in [3.63, 3.8) is 0 Å². The van der Waals surface area contributed by atoms with Crippen LogP contribution in [0.25, 0.3) is 0 Å². The Labute approximate surface area is 205 Å². The molecule has 0 bridgehead atoms. The number of carbonyl (C=O) groups excluding carboxylic acids is 2. The molecular weight excluding hydrogens is 434 g/mol. The van der Waals surface area contributed by atoms with E-state index < -0.39 is 5.92 Å². The van der Waals surface area contributed by atoms with Crippen molar-refractivity contribution < 1.29 is 14.3 Å². The van der Waals surface area contributed by atoms with Crippen LogP contribution in [0.4, 0.5) is 0 Å². The zero-order valence-electron chi connectivity index (χ0n) is 20.2. The molecule has 0 radical (unpaired) electrons. The minimum atomic E-state index is -0.472. The van der Waals surface area contributed by atoms with Crippen molar-refractivity contribution in [3.8, 4) is 11.5 Å². The normalized spacial score (nSPS) is 22.3. The van der Waals surface area contributed by atoms with Gasteiger partial charge in [-0.3, -0.25) is 14.6 Å². The molecule has 3 aromatic carbocycles. The van der Waals surface area contributed by atoms with Crippen molar-refractivity contribution in [3.05, 3.63) is 106 Å². The zero-order valence-corrected chi connectivity index (χ0v) is 20.2. The van der Waals surface area contributed by atoms with E-state index in [2.05, 4.69) is 13.8 Å². The lowest BCUT2D eigenvalue weighted by Crippen LogP contribution is -2.37. The van der Waals surface area contributed by atoms with Crippen molar-refractivity contribution in [1.29, 1.82) is 0 Å². The highest BCUT2D eigenvalue weighted by molar-refractivity contribution is 6.30. The molecule has 0 spiro atoms. The number of aliphatic imine (C=N–C) groups is 1. The van der Waals surface area contributed by atoms with Crippen molar-refractivity contribution >= 4 is 17.3 Å². The first-order valence-electron chi connectivity index (χ1n) is 12.1. The molecule has 1 aliphatic heterocycles. The summed E-state index contributed by atoms with van der Waals surface area (Å²) in [4.78, 5) is 32.1. The predicted molar refractivity (Wildman–Crippen MR) is 136 cm³/mol. The third-order valence-corrected chi connectivity index (χ3v) is 7.34. The topological polar surface area (TPSA) is 55.7 Å². The van der Waals surface area contributed by atoms with Crippen LogP contribution in [-0.4, -0.2) is 17.3 Å². The van der Waals surface area contributed by atoms with Gasteiger partial charge in [0.15, 0.2) is 11.6 Å². The molecule has 35 heavy (non-hydrogen) atoms. The van der Waals surface area contributed by atoms with Crippen molar-refractivity contribution in [1.82, 2.24) is 0 Å². The van der Waals surface area contributed by atoms with Gasteiger partial charge in [-0.05, 0) is 48.6 Å². The van der Waals surface area contributed by atoms with Gasteiger partial charge in [-0.2, -0.15) is 0 Å². The van der Waals surface area contributed by atoms with Crippen LogP contribution in [0.5, 0.6) is 11.5 Å². The van der Waals surface area contributed by atoms with Gasteiger partial charge in [0, 0.05) is 34.7 Å². The van der Waals surface area contributed by atoms with Crippen molar-refractivity contribution in [2.75, 3.05) is 0 Å². The Morgan fingerprint density at radius 1 is 0.800 bits per heavy atom. The number of ether oxygens (including phenoxy) is 1. The van der Waals surface area contributed by atoms with Gasteiger partial charge in [0.2, 0.25) is 0 Å². The Bertz CT molecular complexity index is 1420. The summed E-state index contributed by atoms with van der Waals surface area (Å²) in [6.45, 7) is 6.27. The van der Waals surface area contributed by atoms with Crippen LogP contribution in [0.2, 0.25) is 0 Å². The SMILES string of the molecule is Cc1ccc(Oc2ccc(C3C4=C(CC(C)(C)CC4=O)N=C4c5ccccc5C(=O)C43)cc2)cc1. The summed E-state index contributed by atoms with van der Waals surface area (Å²) < 4.78 is 6.02. The highest BCUT2D eigenvalue weighted by atomic mass is 16.5. The molecule has 0 N–H and O–H groups in total. The summed E-state index contributed by atoms with van der Waals surface area (Å²) in [6.07, 6.45) is 1.20. The maximum absolute atomic E-state index is 13.6. The second kappa shape index (κ2) is 7.88. The summed E-state index contributed by atoms with van der Waals surface area (Å²) in [6, 6.07) is 23.4. The molecule has 0 saturated carbocycles. The maximum Gasteiger partial charge on any atom is 0.173 e. The van der Waals surface area contributed by atoms with E-state index in [1.807, 2.05) is 79.7 Å². The standard InChI is InChI=1S/C31H27NO3/c1-18-8-12-20(13-9-18)35-21-14-10-19(11-15-21)26-27-24(16-31(2,3)17-25(27)33)32-29-22-6-4-5-7-23(22)30(34)28(26)29/h4-15,26,28H,16-17H2,1-3H3. The molecule has 0 aromatic heterocycles. The summed E-state index contributed by atoms with van der Waals surface area (Å²) in [5.74, 6) is 0.830. The van der Waals surface area contributed by atoms with E-state index in [9.17, 15) is 9.59 Å². The highest BCUT2D eigenvalue weighted by Crippen LogP contribution is 2.51. The highest BCUT2D eigenvalue weighted by Gasteiger charge is 2.50. The Hall–Kier alpha value is -3.79. The quantitative estimate of drug-likeness (QED) is 0.430. The van der Waals surface area contributed by atoms with Gasteiger partial charge in [0.1, 0.15) is 11.5 Å². The molecular formula is C31H27NO3. The molecule has 174 valence electrons. The number of ketones is 2. The number of hydrogen-bond donors (Lipinski definition) is 0. The van der Waals surface area contributed by atoms with E-state index in [-0.39, 0.29) is 22.9 Å². The van der Waals surface area contributed by atoms with Crippen molar-refractivity contribution in [2.45, 2.75) is 39.5 Å². The van der Waals surface area contributed by atoms with Gasteiger partial charge in [0.25, 0.3) is 0 Å². The number of benzene rings is 3. The van der Waals surface area contributed by atoms with E-state index >= 15 is 0 Å². The van der Waals surface area contributed by atoms with Gasteiger partial charge in [-0.1, -0.05) is 67.9 Å². The van der Waals surface area contributed by atoms with Gasteiger partial charge < -0.3 is 4.74 Å². The van der Waals surface area contributed by atoms with Gasteiger partial charge >= 0.3 is 0 Å². The molecule has 0 amide bonds. The number of fused-ring (bicyclic) bond motifs is 3. The fourth-order valence-electron chi connectivity index (χ4n) is 5.73. The van der Waals surface area contributed by atoms with Gasteiger partial charge in [-0.15, -0.1) is 0 Å². The maximum atomic E-state index is 13.6. The molecule has 6 rings (SSSR count). The number of hydrogen-bond acceptors (Lipinski definition) is 4. The van der Waals surface area contributed by atoms with Gasteiger partial charge in [0.05, 0.1) is 11.6 Å². The number of rotatable bonds is 3. The minimum absolute atomic E-state index is 0.0496. The molecule has 2 aliphatic carbocycles. The molecule has 2 atom stereocenters. The van der Waals surface area contributed by atoms with Crippen LogP contribution in [-0.2, 0) is 4.79 Å². The van der Waals surface area contributed by atoms with Crippen LogP contribution in [0.15, 0.2) is 89.1 Å². The van der Waals surface area contributed by atoms with E-state index in [0.29, 0.717) is 23.3 Å². The first-order chi connectivity index (χ1) is 16.8. The Morgan fingerprint density at radius 2 is 1.43 bits per heavy atom. The smallest absolute Gasteiger partial charge is 0.173 e. The van der Waals surface area contributed by atoms with Gasteiger partial charge in [-0.25, -0.2) is 0 Å². The second-order valence-electron chi connectivity index (χ2n) is 10.6. The summed E-state index contributed by atoms with van der Waals surface area (Å²) in [7, 11) is 0. The average molecular weight is 462 g/mol. The number of aryl methyl sites for hydroxylation is 1. The van der Waals surface area contributed by atoms with Crippen LogP contribution in [0.1, 0.15) is 59.7 Å². The number of Topliss-reactive ketones (excluding diaryl/α,β-unsaturated/α-hetero) is 2. The second-order valence-corrected chi connectivity index (χ2v) is 10.6. The number of nitrogens with zero attached hydrogens (tertiary/aromatic N) is 1. The molecule has 2 unspecified atom stereocenters. The number of allylic oxidation sites excluding steroid dienone is 2. The summed E-state index contributed by atoms with van der Waals surface area (Å²) in [5, 5.41) is 0. The van der Waals surface area contributed by atoms with Crippen LogP contribution in [0.3, 0.4) is 0 Å². The largest absolute Gasteiger partial charge is 0.457 e. The molecule has 4 heteroatoms. The lowest BCUT2D eigenvalue weighted by atomic mass is 9.66. The first-order valence-corrected chi connectivity index (χ1v) is 12.1. The van der Waals surface area contributed by atoms with E-state index in [4.69, 9.17) is 9.73 Å². The van der Waals surface area contributed by atoms with E-state index in [1.54, 1.807) is 0 Å². The lowest BCUT2D eigenvalue weighted by molar-refractivity contribution is -0.118. The molecule has 0 fully saturated rings. The zero-order chi connectivity index (χ0) is 24.3. The van der Waals surface area contributed by atoms with Crippen LogP contribution < -0.4 is 4.74 Å². The van der Waals surface area contributed by atoms with Crippen molar-refractivity contribution in [2.24, 2.45) is 16.3 Å². The predicted octanol–water partition coefficient (Wildman–Crippen LogP) is 6.83. The Balaban J connectivity index is 1.43. The fraction of sp³-hybridized carbons (Fsp3) is 0.258. The van der Waals surface area contributed by atoms with Crippen LogP contribution >= 0.6 is 0 Å². The summed E-state index contributed by atoms with van der Waals surface area (Å²) >= 11 is 0. The Kier molecular flexibility index (Phi) is 4.89. The van der Waals surface area contributed by atoms with E-state index in [1.165, 1.54) is 5.56 Å². The molecule has 0 saturated heterocycles.